The molecule has 1 aliphatic heterocycles. The zero-order chi connectivity index (χ0) is 23.4. The smallest absolute Gasteiger partial charge is 0.289 e. The number of nitro groups is 1. The Morgan fingerprint density at radius 3 is 2.45 bits per heavy atom. The molecule has 2 heterocycles. The summed E-state index contributed by atoms with van der Waals surface area (Å²) in [5.74, 6) is 0.826. The molecule has 0 amide bonds. The summed E-state index contributed by atoms with van der Waals surface area (Å²) in [4.78, 5) is 17.2. The van der Waals surface area contributed by atoms with Crippen molar-refractivity contribution in [3.8, 4) is 16.3 Å². The minimum atomic E-state index is -3.93. The number of benzene rings is 2. The highest BCUT2D eigenvalue weighted by Crippen LogP contribution is 2.28. The van der Waals surface area contributed by atoms with Crippen LogP contribution < -0.4 is 4.74 Å². The van der Waals surface area contributed by atoms with E-state index in [0.29, 0.717) is 26.2 Å². The van der Waals surface area contributed by atoms with Crippen LogP contribution in [0.2, 0.25) is 0 Å². The number of rotatable bonds is 8. The predicted molar refractivity (Wildman–Crippen MR) is 126 cm³/mol. The number of aromatic nitrogens is 1. The van der Waals surface area contributed by atoms with E-state index in [1.165, 1.54) is 28.6 Å². The molecular formula is C22H24N4O5S2. The molecule has 0 atom stereocenters. The lowest BCUT2D eigenvalue weighted by Gasteiger charge is -2.33. The molecule has 3 aromatic rings. The first-order valence-corrected chi connectivity index (χ1v) is 12.8. The van der Waals surface area contributed by atoms with Gasteiger partial charge >= 0.3 is 0 Å². The highest BCUT2D eigenvalue weighted by molar-refractivity contribution is 7.89. The zero-order valence-electron chi connectivity index (χ0n) is 18.1. The summed E-state index contributed by atoms with van der Waals surface area (Å²) in [6.07, 6.45) is 0. The van der Waals surface area contributed by atoms with Gasteiger partial charge in [0.1, 0.15) is 10.8 Å². The summed E-state index contributed by atoms with van der Waals surface area (Å²) in [7, 11) is -3.93. The second kappa shape index (κ2) is 9.96. The molecular weight excluding hydrogens is 464 g/mol. The Hall–Kier alpha value is -2.86. The van der Waals surface area contributed by atoms with Crippen molar-refractivity contribution < 1.29 is 18.1 Å². The van der Waals surface area contributed by atoms with Gasteiger partial charge in [-0.25, -0.2) is 13.4 Å². The number of nitro benzene ring substituents is 1. The maximum Gasteiger partial charge on any atom is 0.289 e. The topological polar surface area (TPSA) is 106 Å². The molecule has 33 heavy (non-hydrogen) atoms. The highest BCUT2D eigenvalue weighted by atomic mass is 32.2. The number of nitrogens with zero attached hydrogens (tertiary/aromatic N) is 4. The molecule has 4 rings (SSSR count). The third-order valence-electron chi connectivity index (χ3n) is 5.36. The molecule has 9 nitrogen and oxygen atoms in total. The Kier molecular flexibility index (Phi) is 7.03. The molecule has 0 saturated carbocycles. The normalized spacial score (nSPS) is 15.4. The van der Waals surface area contributed by atoms with Crippen LogP contribution in [0.3, 0.4) is 0 Å². The number of thiazole rings is 1. The van der Waals surface area contributed by atoms with E-state index in [-0.39, 0.29) is 18.0 Å². The molecule has 0 bridgehead atoms. The second-order valence-electron chi connectivity index (χ2n) is 7.51. The van der Waals surface area contributed by atoms with Crippen molar-refractivity contribution in [3.63, 3.8) is 0 Å². The Morgan fingerprint density at radius 1 is 1.09 bits per heavy atom. The van der Waals surface area contributed by atoms with Crippen molar-refractivity contribution in [2.45, 2.75) is 18.4 Å². The quantitative estimate of drug-likeness (QED) is 0.352. The lowest BCUT2D eigenvalue weighted by atomic mass is 10.2. The number of sulfonamides is 1. The number of ether oxygens (including phenoxy) is 1. The van der Waals surface area contributed by atoms with Gasteiger partial charge in [0.15, 0.2) is 4.90 Å². The monoisotopic (exact) mass is 488 g/mol. The van der Waals surface area contributed by atoms with Gasteiger partial charge in [0.2, 0.25) is 10.0 Å². The molecule has 1 saturated heterocycles. The average Bonchev–Trinajstić information content (AvgIpc) is 3.28. The van der Waals surface area contributed by atoms with Crippen LogP contribution in [-0.2, 0) is 16.6 Å². The maximum absolute atomic E-state index is 13.0. The number of hydrogen-bond donors (Lipinski definition) is 0. The van der Waals surface area contributed by atoms with E-state index in [1.54, 1.807) is 11.3 Å². The van der Waals surface area contributed by atoms with Gasteiger partial charge in [0.25, 0.3) is 5.69 Å². The zero-order valence-corrected chi connectivity index (χ0v) is 19.7. The van der Waals surface area contributed by atoms with E-state index in [4.69, 9.17) is 9.72 Å². The third-order valence-corrected chi connectivity index (χ3v) is 8.25. The first kappa shape index (κ1) is 23.3. The van der Waals surface area contributed by atoms with Crippen LogP contribution in [0.25, 0.3) is 10.6 Å². The number of para-hydroxylation sites is 1. The van der Waals surface area contributed by atoms with Gasteiger partial charge in [-0.1, -0.05) is 12.1 Å². The van der Waals surface area contributed by atoms with E-state index >= 15 is 0 Å². The lowest BCUT2D eigenvalue weighted by Crippen LogP contribution is -2.48. The van der Waals surface area contributed by atoms with Crippen LogP contribution in [0.4, 0.5) is 5.69 Å². The SMILES string of the molecule is CCOc1ccc(-c2nc(CN3CCN(S(=O)(=O)c4ccccc4[N+](=O)[O-])CC3)cs2)cc1. The lowest BCUT2D eigenvalue weighted by molar-refractivity contribution is -0.387. The standard InChI is InChI=1S/C22H24N4O5S2/c1-2-31-19-9-7-17(8-10-19)22-23-18(16-32-22)15-24-11-13-25(14-12-24)33(29,30)21-6-4-3-5-20(21)26(27)28/h3-10,16H,2,11-15H2,1H3. The summed E-state index contributed by atoms with van der Waals surface area (Å²) in [5.41, 5.74) is 1.55. The minimum absolute atomic E-state index is 0.261. The van der Waals surface area contributed by atoms with Crippen LogP contribution in [0, 0.1) is 10.1 Å². The van der Waals surface area contributed by atoms with Crippen molar-refractivity contribution >= 4 is 27.0 Å². The van der Waals surface area contributed by atoms with Crippen molar-refractivity contribution in [2.24, 2.45) is 0 Å². The average molecular weight is 489 g/mol. The second-order valence-corrected chi connectivity index (χ2v) is 10.3. The van der Waals surface area contributed by atoms with Crippen LogP contribution in [-0.4, -0.2) is 60.3 Å². The minimum Gasteiger partial charge on any atom is -0.494 e. The van der Waals surface area contributed by atoms with E-state index in [1.807, 2.05) is 36.6 Å². The molecule has 11 heteroatoms. The van der Waals surface area contributed by atoms with E-state index in [2.05, 4.69) is 4.90 Å². The Bertz CT molecular complexity index is 1220. The Balaban J connectivity index is 1.38. The molecule has 0 radical (unpaired) electrons. The maximum atomic E-state index is 13.0. The van der Waals surface area contributed by atoms with E-state index in [9.17, 15) is 18.5 Å². The summed E-state index contributed by atoms with van der Waals surface area (Å²) in [6, 6.07) is 13.3. The Morgan fingerprint density at radius 2 is 1.79 bits per heavy atom. The predicted octanol–water partition coefficient (Wildman–Crippen LogP) is 3.62. The van der Waals surface area contributed by atoms with Crippen LogP contribution in [0.15, 0.2) is 58.8 Å². The first-order chi connectivity index (χ1) is 15.9. The molecule has 0 aliphatic carbocycles. The van der Waals surface area contributed by atoms with E-state index in [0.717, 1.165) is 22.0 Å². The van der Waals surface area contributed by atoms with Crippen LogP contribution in [0.1, 0.15) is 12.6 Å². The fraction of sp³-hybridized carbons (Fsp3) is 0.318. The van der Waals surface area contributed by atoms with Crippen LogP contribution >= 0.6 is 11.3 Å². The molecule has 1 fully saturated rings. The third kappa shape index (κ3) is 5.22. The number of hydrogen-bond acceptors (Lipinski definition) is 8. The van der Waals surface area contributed by atoms with Crippen molar-refractivity contribution in [1.82, 2.24) is 14.2 Å². The summed E-state index contributed by atoms with van der Waals surface area (Å²) in [6.45, 7) is 4.77. The van der Waals surface area contributed by atoms with Gasteiger partial charge in [-0.2, -0.15) is 4.31 Å². The number of piperazine rings is 1. The fourth-order valence-corrected chi connectivity index (χ4v) is 6.09. The molecule has 1 aliphatic rings. The largest absolute Gasteiger partial charge is 0.494 e. The van der Waals surface area contributed by atoms with Crippen molar-refractivity contribution in [3.05, 3.63) is 69.7 Å². The van der Waals surface area contributed by atoms with Gasteiger partial charge in [0.05, 0.1) is 17.2 Å². The summed E-state index contributed by atoms with van der Waals surface area (Å²) in [5, 5.41) is 14.2. The summed E-state index contributed by atoms with van der Waals surface area (Å²) >= 11 is 1.57. The van der Waals surface area contributed by atoms with Gasteiger partial charge in [0, 0.05) is 49.7 Å². The highest BCUT2D eigenvalue weighted by Gasteiger charge is 2.33. The molecule has 1 aromatic heterocycles. The van der Waals surface area contributed by atoms with Gasteiger partial charge in [-0.15, -0.1) is 11.3 Å². The summed E-state index contributed by atoms with van der Waals surface area (Å²) < 4.78 is 32.8. The molecule has 2 aromatic carbocycles. The van der Waals surface area contributed by atoms with Gasteiger partial charge < -0.3 is 4.74 Å². The molecule has 0 spiro atoms. The first-order valence-electron chi connectivity index (χ1n) is 10.5. The van der Waals surface area contributed by atoms with Crippen LogP contribution in [0.5, 0.6) is 5.75 Å². The molecule has 0 N–H and O–H groups in total. The molecule has 0 unspecified atom stereocenters. The molecule has 174 valence electrons. The Labute approximate surface area is 196 Å². The van der Waals surface area contributed by atoms with Crippen molar-refractivity contribution in [2.75, 3.05) is 32.8 Å². The van der Waals surface area contributed by atoms with Gasteiger partial charge in [-0.05, 0) is 37.3 Å². The van der Waals surface area contributed by atoms with Crippen molar-refractivity contribution in [1.29, 1.82) is 0 Å². The van der Waals surface area contributed by atoms with Gasteiger partial charge in [-0.3, -0.25) is 15.0 Å². The van der Waals surface area contributed by atoms with E-state index < -0.39 is 20.6 Å². The fourth-order valence-electron chi connectivity index (χ4n) is 3.69.